The molecule has 0 N–H and O–H groups in total. The molecule has 3 rings (SSSR count). The highest BCUT2D eigenvalue weighted by atomic mass is 79.9. The van der Waals surface area contributed by atoms with E-state index in [0.29, 0.717) is 11.9 Å². The van der Waals surface area contributed by atoms with Crippen LogP contribution in [0.5, 0.6) is 0 Å². The number of alkyl halides is 1. The van der Waals surface area contributed by atoms with Gasteiger partial charge in [0.25, 0.3) is 0 Å². The van der Waals surface area contributed by atoms with Crippen molar-refractivity contribution in [3.63, 3.8) is 0 Å². The van der Waals surface area contributed by atoms with Crippen LogP contribution < -0.4 is 4.90 Å². The van der Waals surface area contributed by atoms with Crippen molar-refractivity contribution < 1.29 is 0 Å². The maximum absolute atomic E-state index is 5.89. The summed E-state index contributed by atoms with van der Waals surface area (Å²) in [6, 6.07) is 15.5. The zero-order chi connectivity index (χ0) is 13.4. The molecule has 1 aliphatic rings. The average molecular weight is 337 g/mol. The summed E-state index contributed by atoms with van der Waals surface area (Å²) in [5.74, 6) is 0.547. The molecule has 0 aliphatic carbocycles. The number of benzene rings is 2. The lowest BCUT2D eigenvalue weighted by molar-refractivity contribution is 0.758. The number of hydrogen-bond acceptors (Lipinski definition) is 1. The minimum atomic E-state index is 0.482. The number of nitrogens with zero attached hydrogens (tertiary/aromatic N) is 1. The number of para-hydroxylation sites is 1. The molecule has 1 atom stereocenters. The smallest absolute Gasteiger partial charge is 0.0558 e. The SMILES string of the molecule is CC1Cc2ccccc2N1c1ccc(CCl)cc1Br. The number of anilines is 2. The molecule has 19 heavy (non-hydrogen) atoms. The molecule has 1 heterocycles. The first-order valence-corrected chi connectivity index (χ1v) is 7.75. The van der Waals surface area contributed by atoms with Gasteiger partial charge in [0, 0.05) is 22.1 Å². The molecule has 1 unspecified atom stereocenters. The van der Waals surface area contributed by atoms with E-state index in [-0.39, 0.29) is 0 Å². The van der Waals surface area contributed by atoms with E-state index in [9.17, 15) is 0 Å². The van der Waals surface area contributed by atoms with Crippen LogP contribution in [0.2, 0.25) is 0 Å². The Morgan fingerprint density at radius 1 is 1.21 bits per heavy atom. The van der Waals surface area contributed by atoms with Crippen molar-refractivity contribution in [3.8, 4) is 0 Å². The molecular formula is C16H15BrClN. The third kappa shape index (κ3) is 2.28. The lowest BCUT2D eigenvalue weighted by atomic mass is 10.1. The van der Waals surface area contributed by atoms with Gasteiger partial charge in [0.15, 0.2) is 0 Å². The highest BCUT2D eigenvalue weighted by Crippen LogP contribution is 2.41. The summed E-state index contributed by atoms with van der Waals surface area (Å²) in [6.07, 6.45) is 1.10. The Bertz CT molecular complexity index is 611. The Labute approximate surface area is 127 Å². The second kappa shape index (κ2) is 5.18. The first-order chi connectivity index (χ1) is 9.20. The van der Waals surface area contributed by atoms with E-state index in [4.69, 9.17) is 11.6 Å². The summed E-state index contributed by atoms with van der Waals surface area (Å²) in [5, 5.41) is 0. The van der Waals surface area contributed by atoms with E-state index in [0.717, 1.165) is 16.5 Å². The second-order valence-electron chi connectivity index (χ2n) is 4.97. The largest absolute Gasteiger partial charge is 0.337 e. The third-order valence-electron chi connectivity index (χ3n) is 3.63. The van der Waals surface area contributed by atoms with E-state index < -0.39 is 0 Å². The van der Waals surface area contributed by atoms with Crippen molar-refractivity contribution in [2.45, 2.75) is 25.3 Å². The number of halogens is 2. The van der Waals surface area contributed by atoms with Crippen molar-refractivity contribution >= 4 is 38.9 Å². The molecule has 0 spiro atoms. The summed E-state index contributed by atoms with van der Waals surface area (Å²) in [4.78, 5) is 2.40. The summed E-state index contributed by atoms with van der Waals surface area (Å²) in [5.41, 5.74) is 5.08. The number of rotatable bonds is 2. The molecule has 0 amide bonds. The summed E-state index contributed by atoms with van der Waals surface area (Å²) in [7, 11) is 0. The Hall–Kier alpha value is -0.990. The van der Waals surface area contributed by atoms with Crippen molar-refractivity contribution in [2.24, 2.45) is 0 Å². The molecule has 1 nitrogen and oxygen atoms in total. The quantitative estimate of drug-likeness (QED) is 0.675. The van der Waals surface area contributed by atoms with Gasteiger partial charge in [0.1, 0.15) is 0 Å². The summed E-state index contributed by atoms with van der Waals surface area (Å²) >= 11 is 9.56. The molecule has 0 radical (unpaired) electrons. The molecule has 0 fully saturated rings. The third-order valence-corrected chi connectivity index (χ3v) is 4.58. The first-order valence-electron chi connectivity index (χ1n) is 6.42. The Balaban J connectivity index is 2.07. The highest BCUT2D eigenvalue weighted by Gasteiger charge is 2.27. The van der Waals surface area contributed by atoms with Crippen LogP contribution in [0.1, 0.15) is 18.1 Å². The van der Waals surface area contributed by atoms with Gasteiger partial charge in [-0.2, -0.15) is 0 Å². The predicted octanol–water partition coefficient (Wildman–Crippen LogP) is 5.27. The standard InChI is InChI=1S/C16H15BrClN/c1-11-8-13-4-2-3-5-15(13)19(11)16-7-6-12(10-18)9-14(16)17/h2-7,9,11H,8,10H2,1H3. The van der Waals surface area contributed by atoms with E-state index in [1.807, 2.05) is 0 Å². The maximum atomic E-state index is 5.89. The van der Waals surface area contributed by atoms with Crippen molar-refractivity contribution in [2.75, 3.05) is 4.90 Å². The summed E-state index contributed by atoms with van der Waals surface area (Å²) in [6.45, 7) is 2.27. The molecule has 0 aromatic heterocycles. The monoisotopic (exact) mass is 335 g/mol. The van der Waals surface area contributed by atoms with Crippen molar-refractivity contribution in [1.82, 2.24) is 0 Å². The molecule has 0 bridgehead atoms. The van der Waals surface area contributed by atoms with Gasteiger partial charge in [-0.3, -0.25) is 0 Å². The van der Waals surface area contributed by atoms with Gasteiger partial charge < -0.3 is 4.90 Å². The molecule has 1 aliphatic heterocycles. The molecule has 2 aromatic carbocycles. The van der Waals surface area contributed by atoms with Crippen LogP contribution in [0.25, 0.3) is 0 Å². The van der Waals surface area contributed by atoms with Crippen LogP contribution in [0.15, 0.2) is 46.9 Å². The van der Waals surface area contributed by atoms with Gasteiger partial charge in [0.05, 0.1) is 5.69 Å². The average Bonchev–Trinajstić information content (AvgIpc) is 2.75. The fraction of sp³-hybridized carbons (Fsp3) is 0.250. The zero-order valence-electron chi connectivity index (χ0n) is 10.7. The van der Waals surface area contributed by atoms with Crippen molar-refractivity contribution in [1.29, 1.82) is 0 Å². The zero-order valence-corrected chi connectivity index (χ0v) is 13.1. The van der Waals surface area contributed by atoms with E-state index in [2.05, 4.69) is 70.2 Å². The Morgan fingerprint density at radius 2 is 2.00 bits per heavy atom. The number of hydrogen-bond donors (Lipinski definition) is 0. The normalized spacial score (nSPS) is 17.6. The van der Waals surface area contributed by atoms with Crippen LogP contribution in [0, 0.1) is 0 Å². The molecule has 3 heteroatoms. The number of fused-ring (bicyclic) bond motifs is 1. The van der Waals surface area contributed by atoms with E-state index in [1.165, 1.54) is 16.9 Å². The van der Waals surface area contributed by atoms with Crippen LogP contribution in [-0.4, -0.2) is 6.04 Å². The molecule has 98 valence electrons. The van der Waals surface area contributed by atoms with Gasteiger partial charge in [-0.15, -0.1) is 11.6 Å². The minimum Gasteiger partial charge on any atom is -0.337 e. The van der Waals surface area contributed by atoms with Gasteiger partial charge in [-0.05, 0) is 58.6 Å². The summed E-state index contributed by atoms with van der Waals surface area (Å²) < 4.78 is 1.11. The van der Waals surface area contributed by atoms with Gasteiger partial charge >= 0.3 is 0 Å². The van der Waals surface area contributed by atoms with E-state index >= 15 is 0 Å². The predicted molar refractivity (Wildman–Crippen MR) is 85.4 cm³/mol. The molecule has 0 saturated carbocycles. The van der Waals surface area contributed by atoms with Gasteiger partial charge in [0.2, 0.25) is 0 Å². The van der Waals surface area contributed by atoms with Gasteiger partial charge in [-0.1, -0.05) is 24.3 Å². The van der Waals surface area contributed by atoms with Crippen molar-refractivity contribution in [3.05, 3.63) is 58.1 Å². The van der Waals surface area contributed by atoms with Crippen LogP contribution in [0.4, 0.5) is 11.4 Å². The van der Waals surface area contributed by atoms with E-state index in [1.54, 1.807) is 0 Å². The fourth-order valence-corrected chi connectivity index (χ4v) is 3.55. The molecule has 2 aromatic rings. The molecule has 0 saturated heterocycles. The lowest BCUT2D eigenvalue weighted by Gasteiger charge is -2.26. The lowest BCUT2D eigenvalue weighted by Crippen LogP contribution is -2.24. The maximum Gasteiger partial charge on any atom is 0.0558 e. The Morgan fingerprint density at radius 3 is 2.74 bits per heavy atom. The fourth-order valence-electron chi connectivity index (χ4n) is 2.76. The Kier molecular flexibility index (Phi) is 3.55. The van der Waals surface area contributed by atoms with Crippen LogP contribution in [0.3, 0.4) is 0 Å². The van der Waals surface area contributed by atoms with Crippen LogP contribution >= 0.6 is 27.5 Å². The second-order valence-corrected chi connectivity index (χ2v) is 6.09. The molecular weight excluding hydrogens is 322 g/mol. The van der Waals surface area contributed by atoms with Gasteiger partial charge in [-0.25, -0.2) is 0 Å². The topological polar surface area (TPSA) is 3.24 Å². The highest BCUT2D eigenvalue weighted by molar-refractivity contribution is 9.10. The minimum absolute atomic E-state index is 0.482. The first kappa shape index (κ1) is 13.0. The van der Waals surface area contributed by atoms with Crippen LogP contribution in [-0.2, 0) is 12.3 Å².